The van der Waals surface area contributed by atoms with Crippen molar-refractivity contribution in [2.75, 3.05) is 18.5 Å². The maximum Gasteiger partial charge on any atom is 0.513 e. The zero-order valence-corrected chi connectivity index (χ0v) is 19.7. The Morgan fingerprint density at radius 1 is 0.857 bits per heavy atom. The molecule has 3 aromatic carbocycles. The van der Waals surface area contributed by atoms with E-state index in [0.29, 0.717) is 23.5 Å². The normalized spacial score (nSPS) is 10.2. The van der Waals surface area contributed by atoms with Crippen LogP contribution in [0, 0.1) is 0 Å². The molecule has 0 atom stereocenters. The fourth-order valence-corrected chi connectivity index (χ4v) is 3.16. The molecule has 182 valence electrons. The number of aryl methyl sites for hydroxylation is 1. The van der Waals surface area contributed by atoms with Gasteiger partial charge in [-0.15, -0.1) is 0 Å². The van der Waals surface area contributed by atoms with Crippen LogP contribution in [0.2, 0.25) is 0 Å². The van der Waals surface area contributed by atoms with Gasteiger partial charge in [0.25, 0.3) is 11.8 Å². The van der Waals surface area contributed by atoms with Crippen LogP contribution in [-0.4, -0.2) is 31.2 Å². The van der Waals surface area contributed by atoms with E-state index in [2.05, 4.69) is 10.6 Å². The van der Waals surface area contributed by atoms with Crippen LogP contribution in [-0.2, 0) is 22.5 Å². The van der Waals surface area contributed by atoms with Crippen molar-refractivity contribution in [1.82, 2.24) is 5.32 Å². The average Bonchev–Trinajstić information content (AvgIpc) is 2.87. The number of carbonyl (C=O) groups is 3. The topological polar surface area (TPSA) is 103 Å². The number of carbonyl (C=O) groups excluding carboxylic acids is 3. The molecule has 0 unspecified atom stereocenters. The van der Waals surface area contributed by atoms with E-state index in [1.807, 2.05) is 43.3 Å². The van der Waals surface area contributed by atoms with E-state index in [0.717, 1.165) is 17.5 Å². The maximum atomic E-state index is 12.5. The molecule has 0 fully saturated rings. The Morgan fingerprint density at radius 3 is 2.26 bits per heavy atom. The summed E-state index contributed by atoms with van der Waals surface area (Å²) in [6.45, 7) is 4.21. The van der Waals surface area contributed by atoms with Crippen LogP contribution in [0.4, 0.5) is 10.5 Å². The molecule has 0 saturated carbocycles. The molecule has 8 nitrogen and oxygen atoms in total. The van der Waals surface area contributed by atoms with Crippen LogP contribution in [0.1, 0.15) is 35.3 Å². The fourth-order valence-electron chi connectivity index (χ4n) is 3.16. The zero-order valence-electron chi connectivity index (χ0n) is 19.7. The van der Waals surface area contributed by atoms with E-state index in [9.17, 15) is 14.4 Å². The largest absolute Gasteiger partial charge is 0.513 e. The van der Waals surface area contributed by atoms with Crippen molar-refractivity contribution >= 4 is 23.7 Å². The SMILES string of the molecule is CCOC(=O)Oc1ccc(C(=O)Nc2ccc(CNC(=O)COc3ccccc3CC)cc2)cc1. The summed E-state index contributed by atoms with van der Waals surface area (Å²) in [5.41, 5.74) is 2.95. The smallest absolute Gasteiger partial charge is 0.483 e. The van der Waals surface area contributed by atoms with Gasteiger partial charge in [0.2, 0.25) is 0 Å². The molecule has 0 aliphatic rings. The van der Waals surface area contributed by atoms with E-state index < -0.39 is 6.16 Å². The van der Waals surface area contributed by atoms with E-state index in [1.165, 1.54) is 12.1 Å². The molecule has 8 heteroatoms. The Morgan fingerprint density at radius 2 is 1.57 bits per heavy atom. The summed E-state index contributed by atoms with van der Waals surface area (Å²) in [4.78, 5) is 36.0. The Balaban J connectivity index is 1.45. The highest BCUT2D eigenvalue weighted by atomic mass is 16.7. The molecule has 0 radical (unpaired) electrons. The quantitative estimate of drug-likeness (QED) is 0.324. The van der Waals surface area contributed by atoms with E-state index in [-0.39, 0.29) is 30.8 Å². The minimum Gasteiger partial charge on any atom is -0.483 e. The monoisotopic (exact) mass is 476 g/mol. The van der Waals surface area contributed by atoms with Crippen molar-refractivity contribution in [3.63, 3.8) is 0 Å². The van der Waals surface area contributed by atoms with Crippen molar-refractivity contribution in [2.45, 2.75) is 26.8 Å². The Bertz CT molecular complexity index is 1140. The van der Waals surface area contributed by atoms with Gasteiger partial charge in [-0.25, -0.2) is 4.79 Å². The zero-order chi connectivity index (χ0) is 25.0. The first kappa shape index (κ1) is 25.3. The van der Waals surface area contributed by atoms with Gasteiger partial charge in [0.1, 0.15) is 11.5 Å². The average molecular weight is 477 g/mol. The lowest BCUT2D eigenvalue weighted by atomic mass is 10.1. The van der Waals surface area contributed by atoms with Crippen LogP contribution < -0.4 is 20.1 Å². The molecule has 0 heterocycles. The predicted molar refractivity (Wildman–Crippen MR) is 132 cm³/mol. The Labute approximate surface area is 204 Å². The first-order chi connectivity index (χ1) is 17.0. The molecule has 0 bridgehead atoms. The van der Waals surface area contributed by atoms with Gasteiger partial charge >= 0.3 is 6.16 Å². The lowest BCUT2D eigenvalue weighted by Crippen LogP contribution is -2.28. The highest BCUT2D eigenvalue weighted by Crippen LogP contribution is 2.18. The van der Waals surface area contributed by atoms with Crippen LogP contribution in [0.25, 0.3) is 0 Å². The minimum atomic E-state index is -0.796. The standard InChI is InChI=1S/C27H28N2O6/c1-3-20-7-5-6-8-24(20)34-18-25(30)28-17-19-9-13-22(14-10-19)29-26(31)21-11-15-23(16-12-21)35-27(32)33-4-2/h5-16H,3-4,17-18H2,1-2H3,(H,28,30)(H,29,31). The summed E-state index contributed by atoms with van der Waals surface area (Å²) in [5, 5.41) is 5.62. The summed E-state index contributed by atoms with van der Waals surface area (Å²) in [7, 11) is 0. The number of ether oxygens (including phenoxy) is 3. The number of benzene rings is 3. The van der Waals surface area contributed by atoms with Gasteiger partial charge in [0.15, 0.2) is 6.61 Å². The van der Waals surface area contributed by atoms with Crippen molar-refractivity contribution < 1.29 is 28.6 Å². The van der Waals surface area contributed by atoms with Gasteiger partial charge in [-0.3, -0.25) is 9.59 Å². The number of hydrogen-bond acceptors (Lipinski definition) is 6. The number of anilines is 1. The second kappa shape index (κ2) is 12.8. The number of amides is 2. The van der Waals surface area contributed by atoms with Gasteiger partial charge in [-0.05, 0) is 66.9 Å². The van der Waals surface area contributed by atoms with Gasteiger partial charge in [-0.2, -0.15) is 0 Å². The van der Waals surface area contributed by atoms with Crippen molar-refractivity contribution in [2.24, 2.45) is 0 Å². The lowest BCUT2D eigenvalue weighted by molar-refractivity contribution is -0.123. The molecule has 2 amide bonds. The van der Waals surface area contributed by atoms with Crippen molar-refractivity contribution in [3.8, 4) is 11.5 Å². The molecule has 0 spiro atoms. The van der Waals surface area contributed by atoms with Gasteiger partial charge in [-0.1, -0.05) is 37.3 Å². The molecule has 0 aliphatic heterocycles. The van der Waals surface area contributed by atoms with E-state index in [1.54, 1.807) is 31.2 Å². The van der Waals surface area contributed by atoms with Crippen molar-refractivity contribution in [1.29, 1.82) is 0 Å². The first-order valence-corrected chi connectivity index (χ1v) is 11.3. The van der Waals surface area contributed by atoms with Gasteiger partial charge in [0, 0.05) is 17.8 Å². The van der Waals surface area contributed by atoms with Crippen molar-refractivity contribution in [3.05, 3.63) is 89.5 Å². The third-order valence-electron chi connectivity index (χ3n) is 4.99. The summed E-state index contributed by atoms with van der Waals surface area (Å²) in [5.74, 6) is 0.472. The fraction of sp³-hybridized carbons (Fsp3) is 0.222. The predicted octanol–water partition coefficient (Wildman–Crippen LogP) is 4.73. The van der Waals surface area contributed by atoms with Gasteiger partial charge in [0.05, 0.1) is 6.61 Å². The number of hydrogen-bond donors (Lipinski definition) is 2. The maximum absolute atomic E-state index is 12.5. The molecule has 0 saturated heterocycles. The first-order valence-electron chi connectivity index (χ1n) is 11.3. The minimum absolute atomic E-state index is 0.0607. The lowest BCUT2D eigenvalue weighted by Gasteiger charge is -2.11. The molecular formula is C27H28N2O6. The van der Waals surface area contributed by atoms with Crippen LogP contribution in [0.3, 0.4) is 0 Å². The van der Waals surface area contributed by atoms with Crippen LogP contribution >= 0.6 is 0 Å². The molecule has 35 heavy (non-hydrogen) atoms. The summed E-state index contributed by atoms with van der Waals surface area (Å²) < 4.78 is 15.3. The molecular weight excluding hydrogens is 448 g/mol. The summed E-state index contributed by atoms with van der Waals surface area (Å²) in [6, 6.07) is 20.9. The highest BCUT2D eigenvalue weighted by Gasteiger charge is 2.10. The highest BCUT2D eigenvalue weighted by molar-refractivity contribution is 6.04. The third-order valence-corrected chi connectivity index (χ3v) is 4.99. The Kier molecular flexibility index (Phi) is 9.24. The van der Waals surface area contributed by atoms with E-state index >= 15 is 0 Å². The second-order valence-electron chi connectivity index (χ2n) is 7.49. The van der Waals surface area contributed by atoms with Crippen LogP contribution in [0.5, 0.6) is 11.5 Å². The molecule has 0 aromatic heterocycles. The molecule has 3 rings (SSSR count). The summed E-state index contributed by atoms with van der Waals surface area (Å²) >= 11 is 0. The Hall–Kier alpha value is -4.33. The molecule has 2 N–H and O–H groups in total. The number of rotatable bonds is 10. The van der Waals surface area contributed by atoms with E-state index in [4.69, 9.17) is 14.2 Å². The second-order valence-corrected chi connectivity index (χ2v) is 7.49. The van der Waals surface area contributed by atoms with Crippen LogP contribution in [0.15, 0.2) is 72.8 Å². The molecule has 3 aromatic rings. The number of para-hydroxylation sites is 1. The number of nitrogens with one attached hydrogen (secondary N) is 2. The summed E-state index contributed by atoms with van der Waals surface area (Å²) in [6.07, 6.45) is 0.0333. The third kappa shape index (κ3) is 7.89. The molecule has 0 aliphatic carbocycles. The van der Waals surface area contributed by atoms with Gasteiger partial charge < -0.3 is 24.8 Å².